The number of hydrogen-bond donors (Lipinski definition) is 1. The van der Waals surface area contributed by atoms with E-state index >= 15 is 0 Å². The summed E-state index contributed by atoms with van der Waals surface area (Å²) in [4.78, 5) is 5.30. The number of fused-ring (bicyclic) bond motifs is 5. The molecule has 5 rings (SSSR count). The van der Waals surface area contributed by atoms with E-state index in [-0.39, 0.29) is 6.29 Å². The van der Waals surface area contributed by atoms with E-state index in [4.69, 9.17) is 0 Å². The number of halogens is 1. The maximum Gasteiger partial charge on any atom is 0.119 e. The van der Waals surface area contributed by atoms with Gasteiger partial charge in [0.2, 0.25) is 0 Å². The van der Waals surface area contributed by atoms with Crippen LogP contribution in [0, 0.1) is 0 Å². The Morgan fingerprint density at radius 1 is 0.913 bits per heavy atom. The molecule has 0 aromatic heterocycles. The molecule has 0 saturated carbocycles. The summed E-state index contributed by atoms with van der Waals surface area (Å²) in [5.41, 5.74) is 0. The standard InChI is InChI=1S/C19H20BrN3/c20-13-10-11-17-18(12-13)23-16-9-5-4-8-15(16)21-19(23)22(17)14-6-2-1-3-7-14/h1-6,8-12,14-19,21H,7H2. The predicted octanol–water partition coefficient (Wildman–Crippen LogP) is 2.82. The Bertz CT molecular complexity index is 687. The zero-order valence-corrected chi connectivity index (χ0v) is 14.4. The van der Waals surface area contributed by atoms with Crippen molar-refractivity contribution in [3.05, 3.63) is 71.3 Å². The minimum absolute atomic E-state index is 0.285. The van der Waals surface area contributed by atoms with E-state index in [1.807, 2.05) is 0 Å². The van der Waals surface area contributed by atoms with Gasteiger partial charge in [-0.15, -0.1) is 0 Å². The van der Waals surface area contributed by atoms with Crippen LogP contribution >= 0.6 is 15.9 Å². The molecule has 5 aliphatic rings. The van der Waals surface area contributed by atoms with Crippen LogP contribution in [0.5, 0.6) is 0 Å². The van der Waals surface area contributed by atoms with E-state index < -0.39 is 0 Å². The molecule has 0 radical (unpaired) electrons. The summed E-state index contributed by atoms with van der Waals surface area (Å²) in [5, 5.41) is 3.85. The maximum atomic E-state index is 3.85. The van der Waals surface area contributed by atoms with E-state index in [2.05, 4.69) is 97.9 Å². The van der Waals surface area contributed by atoms with Crippen molar-refractivity contribution in [1.29, 1.82) is 0 Å². The molecule has 23 heavy (non-hydrogen) atoms. The lowest BCUT2D eigenvalue weighted by Gasteiger charge is -2.35. The van der Waals surface area contributed by atoms with Gasteiger partial charge in [0.05, 0.1) is 18.1 Å². The van der Waals surface area contributed by atoms with Gasteiger partial charge in [-0.05, 0) is 6.42 Å². The maximum absolute atomic E-state index is 3.85. The number of nitrogens with zero attached hydrogens (tertiary/aromatic N) is 2. The highest BCUT2D eigenvalue weighted by atomic mass is 79.9. The highest BCUT2D eigenvalue weighted by Crippen LogP contribution is 2.41. The van der Waals surface area contributed by atoms with Gasteiger partial charge >= 0.3 is 0 Å². The van der Waals surface area contributed by atoms with E-state index in [1.54, 1.807) is 0 Å². The number of nitrogens with one attached hydrogen (secondary N) is 1. The van der Waals surface area contributed by atoms with Crippen LogP contribution in [0.3, 0.4) is 0 Å². The molecule has 4 heteroatoms. The second-order valence-corrected chi connectivity index (χ2v) is 7.64. The quantitative estimate of drug-likeness (QED) is 0.766. The van der Waals surface area contributed by atoms with Crippen LogP contribution in [0.25, 0.3) is 0 Å². The molecule has 0 spiro atoms. The fourth-order valence-electron chi connectivity index (χ4n) is 4.57. The first-order valence-electron chi connectivity index (χ1n) is 8.38. The van der Waals surface area contributed by atoms with Crippen molar-refractivity contribution in [1.82, 2.24) is 15.1 Å². The van der Waals surface area contributed by atoms with Crippen LogP contribution in [0.2, 0.25) is 0 Å². The van der Waals surface area contributed by atoms with Gasteiger partial charge in [0.15, 0.2) is 0 Å². The second kappa shape index (κ2) is 5.42. The number of allylic oxidation sites excluding steroid dienone is 6. The van der Waals surface area contributed by atoms with Crippen molar-refractivity contribution < 1.29 is 0 Å². The number of rotatable bonds is 1. The summed E-state index contributed by atoms with van der Waals surface area (Å²) in [6.45, 7) is 0. The Morgan fingerprint density at radius 2 is 1.78 bits per heavy atom. The lowest BCUT2D eigenvalue weighted by Crippen LogP contribution is -2.51. The van der Waals surface area contributed by atoms with Crippen LogP contribution in [0.4, 0.5) is 0 Å². The molecule has 2 saturated heterocycles. The molecule has 1 N–H and O–H groups in total. The van der Waals surface area contributed by atoms with Gasteiger partial charge < -0.3 is 0 Å². The van der Waals surface area contributed by atoms with Gasteiger partial charge in [-0.3, -0.25) is 15.1 Å². The molecule has 6 atom stereocenters. The fourth-order valence-corrected chi connectivity index (χ4v) is 4.99. The van der Waals surface area contributed by atoms with Crippen molar-refractivity contribution in [3.8, 4) is 0 Å². The highest BCUT2D eigenvalue weighted by Gasteiger charge is 2.55. The van der Waals surface area contributed by atoms with Crippen LogP contribution in [0.15, 0.2) is 71.3 Å². The van der Waals surface area contributed by atoms with Crippen molar-refractivity contribution in [2.75, 3.05) is 0 Å². The highest BCUT2D eigenvalue weighted by molar-refractivity contribution is 9.11. The largest absolute Gasteiger partial charge is 0.281 e. The van der Waals surface area contributed by atoms with Gasteiger partial charge in [-0.2, -0.15) is 0 Å². The molecule has 3 nitrogen and oxygen atoms in total. The van der Waals surface area contributed by atoms with Gasteiger partial charge in [-0.25, -0.2) is 0 Å². The number of hydrogen-bond acceptors (Lipinski definition) is 3. The topological polar surface area (TPSA) is 18.5 Å². The third-order valence-electron chi connectivity index (χ3n) is 5.52. The molecular weight excluding hydrogens is 350 g/mol. The average Bonchev–Trinajstić information content (AvgIpc) is 3.10. The van der Waals surface area contributed by atoms with Gasteiger partial charge in [0.1, 0.15) is 6.29 Å². The molecule has 2 fully saturated rings. The molecule has 0 amide bonds. The zero-order chi connectivity index (χ0) is 15.4. The lowest BCUT2D eigenvalue weighted by atomic mass is 9.96. The van der Waals surface area contributed by atoms with Gasteiger partial charge in [0.25, 0.3) is 0 Å². The molecule has 3 aliphatic carbocycles. The third-order valence-corrected chi connectivity index (χ3v) is 6.05. The summed E-state index contributed by atoms with van der Waals surface area (Å²) in [7, 11) is 0. The summed E-state index contributed by atoms with van der Waals surface area (Å²) in [6, 6.07) is 2.15. The molecule has 0 aromatic rings. The molecule has 6 unspecified atom stereocenters. The fraction of sp³-hybridized carbons (Fsp3) is 0.368. The smallest absolute Gasteiger partial charge is 0.119 e. The van der Waals surface area contributed by atoms with E-state index in [1.165, 1.54) is 4.48 Å². The predicted molar refractivity (Wildman–Crippen MR) is 96.9 cm³/mol. The van der Waals surface area contributed by atoms with Crippen LogP contribution in [-0.4, -0.2) is 46.3 Å². The Hall–Kier alpha value is -1.20. The van der Waals surface area contributed by atoms with E-state index in [0.29, 0.717) is 30.2 Å². The molecule has 118 valence electrons. The third kappa shape index (κ3) is 2.13. The minimum Gasteiger partial charge on any atom is -0.281 e. The monoisotopic (exact) mass is 369 g/mol. The van der Waals surface area contributed by atoms with Crippen molar-refractivity contribution in [2.45, 2.75) is 42.9 Å². The van der Waals surface area contributed by atoms with Gasteiger partial charge in [-0.1, -0.05) is 82.8 Å². The summed E-state index contributed by atoms with van der Waals surface area (Å²) >= 11 is 3.68. The Morgan fingerprint density at radius 3 is 2.65 bits per heavy atom. The zero-order valence-electron chi connectivity index (χ0n) is 12.8. The normalized spacial score (nSPS) is 44.3. The van der Waals surface area contributed by atoms with E-state index in [9.17, 15) is 0 Å². The first-order valence-corrected chi connectivity index (χ1v) is 9.17. The molecule has 0 bridgehead atoms. The average molecular weight is 370 g/mol. The molecule has 0 aromatic carbocycles. The Kier molecular flexibility index (Phi) is 3.34. The Balaban J connectivity index is 1.55. The first-order chi connectivity index (χ1) is 11.3. The van der Waals surface area contributed by atoms with Crippen molar-refractivity contribution >= 4 is 15.9 Å². The van der Waals surface area contributed by atoms with Crippen molar-refractivity contribution in [3.63, 3.8) is 0 Å². The van der Waals surface area contributed by atoms with Crippen molar-refractivity contribution in [2.24, 2.45) is 0 Å². The lowest BCUT2D eigenvalue weighted by molar-refractivity contribution is 0.107. The van der Waals surface area contributed by atoms with E-state index in [0.717, 1.165) is 6.42 Å². The summed E-state index contributed by atoms with van der Waals surface area (Å²) in [5.74, 6) is 0. The van der Waals surface area contributed by atoms with Crippen LogP contribution in [-0.2, 0) is 0 Å². The summed E-state index contributed by atoms with van der Waals surface area (Å²) < 4.78 is 1.19. The van der Waals surface area contributed by atoms with Crippen LogP contribution < -0.4 is 5.32 Å². The SMILES string of the molecule is BrC1=CC2C(C=C1)N(C1C=CC=CC1)C1NC3C=CC=CC3N21. The molecular formula is C19H20BrN3. The summed E-state index contributed by atoms with van der Waals surface area (Å²) in [6.07, 6.45) is 26.3. The Labute approximate surface area is 145 Å². The second-order valence-electron chi connectivity index (χ2n) is 6.73. The first kappa shape index (κ1) is 14.2. The minimum atomic E-state index is 0.285. The molecule has 2 aliphatic heterocycles. The molecule has 2 heterocycles. The van der Waals surface area contributed by atoms with Gasteiger partial charge in [0, 0.05) is 16.6 Å². The van der Waals surface area contributed by atoms with Crippen LogP contribution in [0.1, 0.15) is 6.42 Å².